The molecule has 2 N–H and O–H groups in total. The van der Waals surface area contributed by atoms with Crippen molar-refractivity contribution in [2.45, 2.75) is 58.6 Å². The molecule has 0 heterocycles. The van der Waals surface area contributed by atoms with Crippen molar-refractivity contribution >= 4 is 0 Å². The lowest BCUT2D eigenvalue weighted by Gasteiger charge is -2.28. The highest BCUT2D eigenvalue weighted by Crippen LogP contribution is 2.22. The standard InChI is InChI=1S/C17H29NO/c1-4-5-6-10-13-19-17(14(2)3)16(18)15-11-8-7-9-12-15/h7-9,11-12,14,16-17H,4-6,10,13,18H2,1-3H3. The summed E-state index contributed by atoms with van der Waals surface area (Å²) in [5.41, 5.74) is 7.52. The van der Waals surface area contributed by atoms with Gasteiger partial charge in [-0.05, 0) is 17.9 Å². The monoisotopic (exact) mass is 263 g/mol. The largest absolute Gasteiger partial charge is 0.376 e. The molecule has 0 bridgehead atoms. The first kappa shape index (κ1) is 16.2. The Balaban J connectivity index is 2.48. The average Bonchev–Trinajstić information content (AvgIpc) is 2.43. The maximum absolute atomic E-state index is 6.36. The van der Waals surface area contributed by atoms with Crippen molar-refractivity contribution < 1.29 is 4.74 Å². The van der Waals surface area contributed by atoms with Crippen LogP contribution in [-0.2, 0) is 4.74 Å². The van der Waals surface area contributed by atoms with Gasteiger partial charge in [0.25, 0.3) is 0 Å². The van der Waals surface area contributed by atoms with Crippen LogP contribution < -0.4 is 5.73 Å². The van der Waals surface area contributed by atoms with Crippen LogP contribution >= 0.6 is 0 Å². The van der Waals surface area contributed by atoms with E-state index in [1.165, 1.54) is 19.3 Å². The molecule has 0 aliphatic heterocycles. The molecule has 0 aromatic heterocycles. The molecule has 2 heteroatoms. The van der Waals surface area contributed by atoms with E-state index in [0.29, 0.717) is 5.92 Å². The second-order valence-electron chi connectivity index (χ2n) is 5.58. The van der Waals surface area contributed by atoms with Gasteiger partial charge in [-0.1, -0.05) is 70.4 Å². The fourth-order valence-corrected chi connectivity index (χ4v) is 2.32. The van der Waals surface area contributed by atoms with Crippen molar-refractivity contribution in [3.63, 3.8) is 0 Å². The van der Waals surface area contributed by atoms with Crippen molar-refractivity contribution in [3.05, 3.63) is 35.9 Å². The third-order valence-electron chi connectivity index (χ3n) is 3.50. The lowest BCUT2D eigenvalue weighted by atomic mass is 9.94. The summed E-state index contributed by atoms with van der Waals surface area (Å²) in [5, 5.41) is 0. The molecule has 0 spiro atoms. The Hall–Kier alpha value is -0.860. The van der Waals surface area contributed by atoms with Crippen molar-refractivity contribution in [1.29, 1.82) is 0 Å². The van der Waals surface area contributed by atoms with E-state index in [0.717, 1.165) is 18.6 Å². The number of hydrogen-bond acceptors (Lipinski definition) is 2. The first-order chi connectivity index (χ1) is 9.16. The first-order valence-corrected chi connectivity index (χ1v) is 7.59. The van der Waals surface area contributed by atoms with Crippen LogP contribution in [0.1, 0.15) is 58.1 Å². The smallest absolute Gasteiger partial charge is 0.0790 e. The van der Waals surface area contributed by atoms with Crippen molar-refractivity contribution in [2.24, 2.45) is 11.7 Å². The number of rotatable bonds is 9. The second kappa shape index (κ2) is 9.11. The van der Waals surface area contributed by atoms with Gasteiger partial charge in [-0.2, -0.15) is 0 Å². The molecule has 1 aromatic carbocycles. The molecule has 1 rings (SSSR count). The van der Waals surface area contributed by atoms with Gasteiger partial charge in [-0.15, -0.1) is 0 Å². The van der Waals surface area contributed by atoms with E-state index in [2.05, 4.69) is 32.9 Å². The minimum atomic E-state index is -0.0348. The maximum Gasteiger partial charge on any atom is 0.0790 e. The summed E-state index contributed by atoms with van der Waals surface area (Å²) in [6.45, 7) is 7.41. The molecule has 0 saturated heterocycles. The molecule has 19 heavy (non-hydrogen) atoms. The molecule has 0 radical (unpaired) electrons. The van der Waals surface area contributed by atoms with Gasteiger partial charge in [0.15, 0.2) is 0 Å². The highest BCUT2D eigenvalue weighted by atomic mass is 16.5. The molecule has 0 saturated carbocycles. The Labute approximate surface area is 118 Å². The molecule has 1 aromatic rings. The fourth-order valence-electron chi connectivity index (χ4n) is 2.32. The molecule has 2 nitrogen and oxygen atoms in total. The lowest BCUT2D eigenvalue weighted by molar-refractivity contribution is 0.00275. The minimum absolute atomic E-state index is 0.0348. The number of ether oxygens (including phenoxy) is 1. The highest BCUT2D eigenvalue weighted by molar-refractivity contribution is 5.19. The number of hydrogen-bond donors (Lipinski definition) is 1. The quantitative estimate of drug-likeness (QED) is 0.674. The van der Waals surface area contributed by atoms with Gasteiger partial charge in [0.1, 0.15) is 0 Å². The van der Waals surface area contributed by atoms with Crippen LogP contribution in [0.3, 0.4) is 0 Å². The SMILES string of the molecule is CCCCCCOC(C(C)C)C(N)c1ccccc1. The van der Waals surface area contributed by atoms with E-state index in [4.69, 9.17) is 10.5 Å². The zero-order valence-electron chi connectivity index (χ0n) is 12.6. The Morgan fingerprint density at radius 3 is 2.32 bits per heavy atom. The predicted molar refractivity (Wildman–Crippen MR) is 82.1 cm³/mol. The zero-order chi connectivity index (χ0) is 14.1. The molecule has 108 valence electrons. The molecule has 0 aliphatic carbocycles. The summed E-state index contributed by atoms with van der Waals surface area (Å²) in [6, 6.07) is 10.2. The average molecular weight is 263 g/mol. The van der Waals surface area contributed by atoms with Crippen LogP contribution in [0, 0.1) is 5.92 Å². The molecule has 0 amide bonds. The fraction of sp³-hybridized carbons (Fsp3) is 0.647. The number of nitrogens with two attached hydrogens (primary N) is 1. The summed E-state index contributed by atoms with van der Waals surface area (Å²) in [7, 11) is 0. The molecule has 0 fully saturated rings. The van der Waals surface area contributed by atoms with Crippen LogP contribution in [-0.4, -0.2) is 12.7 Å². The Morgan fingerprint density at radius 2 is 1.74 bits per heavy atom. The van der Waals surface area contributed by atoms with Gasteiger partial charge >= 0.3 is 0 Å². The Morgan fingerprint density at radius 1 is 1.05 bits per heavy atom. The van der Waals surface area contributed by atoms with Crippen LogP contribution in [0.5, 0.6) is 0 Å². The molecule has 2 unspecified atom stereocenters. The van der Waals surface area contributed by atoms with E-state index in [1.807, 2.05) is 18.2 Å². The van der Waals surface area contributed by atoms with Gasteiger partial charge in [0.2, 0.25) is 0 Å². The van der Waals surface area contributed by atoms with E-state index in [1.54, 1.807) is 0 Å². The normalized spacial score (nSPS) is 14.6. The van der Waals surface area contributed by atoms with Gasteiger partial charge < -0.3 is 10.5 Å². The third kappa shape index (κ3) is 5.75. The van der Waals surface area contributed by atoms with Gasteiger partial charge in [0.05, 0.1) is 12.1 Å². The third-order valence-corrected chi connectivity index (χ3v) is 3.50. The number of unbranched alkanes of at least 4 members (excludes halogenated alkanes) is 3. The van der Waals surface area contributed by atoms with Crippen molar-refractivity contribution in [1.82, 2.24) is 0 Å². The van der Waals surface area contributed by atoms with Crippen LogP contribution in [0.4, 0.5) is 0 Å². The minimum Gasteiger partial charge on any atom is -0.376 e. The molecular weight excluding hydrogens is 234 g/mol. The van der Waals surface area contributed by atoms with Crippen molar-refractivity contribution in [2.75, 3.05) is 6.61 Å². The van der Waals surface area contributed by atoms with Gasteiger partial charge in [0, 0.05) is 6.61 Å². The summed E-state index contributed by atoms with van der Waals surface area (Å²) in [4.78, 5) is 0. The lowest BCUT2D eigenvalue weighted by Crippen LogP contribution is -2.33. The van der Waals surface area contributed by atoms with Crippen LogP contribution in [0.2, 0.25) is 0 Å². The molecular formula is C17H29NO. The molecule has 2 atom stereocenters. The highest BCUT2D eigenvalue weighted by Gasteiger charge is 2.23. The maximum atomic E-state index is 6.36. The summed E-state index contributed by atoms with van der Waals surface area (Å²) in [6.07, 6.45) is 5.04. The van der Waals surface area contributed by atoms with Crippen LogP contribution in [0.25, 0.3) is 0 Å². The summed E-state index contributed by atoms with van der Waals surface area (Å²) >= 11 is 0. The summed E-state index contributed by atoms with van der Waals surface area (Å²) in [5.74, 6) is 0.432. The van der Waals surface area contributed by atoms with E-state index in [9.17, 15) is 0 Å². The van der Waals surface area contributed by atoms with E-state index < -0.39 is 0 Å². The van der Waals surface area contributed by atoms with Crippen LogP contribution in [0.15, 0.2) is 30.3 Å². The second-order valence-corrected chi connectivity index (χ2v) is 5.58. The number of benzene rings is 1. The Bertz CT molecular complexity index is 323. The summed E-state index contributed by atoms with van der Waals surface area (Å²) < 4.78 is 6.04. The van der Waals surface area contributed by atoms with Gasteiger partial charge in [-0.3, -0.25) is 0 Å². The first-order valence-electron chi connectivity index (χ1n) is 7.59. The molecule has 0 aliphatic rings. The van der Waals surface area contributed by atoms with E-state index >= 15 is 0 Å². The topological polar surface area (TPSA) is 35.2 Å². The zero-order valence-corrected chi connectivity index (χ0v) is 12.6. The van der Waals surface area contributed by atoms with E-state index in [-0.39, 0.29) is 12.1 Å². The van der Waals surface area contributed by atoms with Crippen molar-refractivity contribution in [3.8, 4) is 0 Å². The predicted octanol–water partition coefficient (Wildman–Crippen LogP) is 4.31. The van der Waals surface area contributed by atoms with Gasteiger partial charge in [-0.25, -0.2) is 0 Å². The Kier molecular flexibility index (Phi) is 7.76.